The summed E-state index contributed by atoms with van der Waals surface area (Å²) in [7, 11) is 0. The Hall–Kier alpha value is -2.76. The lowest BCUT2D eigenvalue weighted by atomic mass is 10.2. The van der Waals surface area contributed by atoms with Crippen LogP contribution in [0.25, 0.3) is 11.2 Å². The highest BCUT2D eigenvalue weighted by Crippen LogP contribution is 2.06. The van der Waals surface area contributed by atoms with Gasteiger partial charge in [-0.1, -0.05) is 23.0 Å². The Labute approximate surface area is 102 Å². The van der Waals surface area contributed by atoms with Crippen LogP contribution in [-0.4, -0.2) is 26.1 Å². The molecule has 0 unspecified atom stereocenters. The fourth-order valence-electron chi connectivity index (χ4n) is 1.52. The summed E-state index contributed by atoms with van der Waals surface area (Å²) in [5.41, 5.74) is 1.42. The highest BCUT2D eigenvalue weighted by Gasteiger charge is 2.11. The van der Waals surface area contributed by atoms with Crippen LogP contribution in [0.2, 0.25) is 0 Å². The van der Waals surface area contributed by atoms with Crippen LogP contribution in [0.3, 0.4) is 0 Å². The van der Waals surface area contributed by atoms with E-state index in [0.29, 0.717) is 16.7 Å². The quantitative estimate of drug-likeness (QED) is 0.627. The van der Waals surface area contributed by atoms with E-state index in [1.165, 1.54) is 0 Å². The number of carbonyl (C=O) groups is 1. The van der Waals surface area contributed by atoms with Crippen molar-refractivity contribution in [3.05, 3.63) is 54.2 Å². The predicted molar refractivity (Wildman–Crippen MR) is 62.7 cm³/mol. The molecule has 0 saturated heterocycles. The van der Waals surface area contributed by atoms with Crippen molar-refractivity contribution in [1.82, 2.24) is 20.1 Å². The number of benzene rings is 1. The highest BCUT2D eigenvalue weighted by molar-refractivity contribution is 5.89. The molecule has 6 heteroatoms. The molecule has 0 aliphatic rings. The molecular weight excluding hydrogens is 232 g/mol. The van der Waals surface area contributed by atoms with Gasteiger partial charge in [0.15, 0.2) is 5.52 Å². The third-order valence-electron chi connectivity index (χ3n) is 2.37. The standard InChI is InChI=1S/C12H8N4O2/c17-12(9-5-2-1-3-6-9)18-16-10-7-4-8-13-11(10)14-15-16/h1-8H. The van der Waals surface area contributed by atoms with E-state index in [1.807, 2.05) is 6.07 Å². The van der Waals surface area contributed by atoms with Gasteiger partial charge in [0.1, 0.15) is 0 Å². The molecule has 3 aromatic rings. The highest BCUT2D eigenvalue weighted by atomic mass is 16.7. The smallest absolute Gasteiger partial charge is 0.312 e. The minimum Gasteiger partial charge on any atom is -0.312 e. The number of hydrogen-bond donors (Lipinski definition) is 0. The average molecular weight is 240 g/mol. The van der Waals surface area contributed by atoms with E-state index in [-0.39, 0.29) is 0 Å². The Balaban J connectivity index is 1.91. The maximum atomic E-state index is 11.8. The van der Waals surface area contributed by atoms with E-state index in [4.69, 9.17) is 4.84 Å². The maximum Gasteiger partial charge on any atom is 0.365 e. The minimum absolute atomic E-state index is 0.429. The van der Waals surface area contributed by atoms with E-state index in [9.17, 15) is 4.79 Å². The zero-order chi connectivity index (χ0) is 12.4. The molecule has 0 atom stereocenters. The van der Waals surface area contributed by atoms with Gasteiger partial charge in [0.25, 0.3) is 0 Å². The van der Waals surface area contributed by atoms with Crippen molar-refractivity contribution in [3.63, 3.8) is 0 Å². The van der Waals surface area contributed by atoms with Crippen molar-refractivity contribution >= 4 is 17.1 Å². The first-order chi connectivity index (χ1) is 8.84. The molecule has 0 saturated carbocycles. The van der Waals surface area contributed by atoms with Crippen LogP contribution in [0.4, 0.5) is 0 Å². The molecule has 0 amide bonds. The van der Waals surface area contributed by atoms with Gasteiger partial charge in [-0.05, 0) is 29.5 Å². The molecule has 2 aromatic heterocycles. The van der Waals surface area contributed by atoms with Crippen LogP contribution in [0.5, 0.6) is 0 Å². The van der Waals surface area contributed by atoms with Gasteiger partial charge in [0, 0.05) is 6.20 Å². The Morgan fingerprint density at radius 3 is 2.78 bits per heavy atom. The van der Waals surface area contributed by atoms with E-state index >= 15 is 0 Å². The summed E-state index contributed by atoms with van der Waals surface area (Å²) < 4.78 is 0. The molecule has 0 aliphatic heterocycles. The lowest BCUT2D eigenvalue weighted by Crippen LogP contribution is -2.20. The number of nitrogens with zero attached hydrogens (tertiary/aromatic N) is 4. The third kappa shape index (κ3) is 1.80. The second-order valence-electron chi connectivity index (χ2n) is 3.55. The van der Waals surface area contributed by atoms with Crippen LogP contribution >= 0.6 is 0 Å². The molecular formula is C12H8N4O2. The molecule has 6 nitrogen and oxygen atoms in total. The molecule has 0 aliphatic carbocycles. The first-order valence-electron chi connectivity index (χ1n) is 5.29. The molecule has 0 N–H and O–H groups in total. The lowest BCUT2D eigenvalue weighted by Gasteiger charge is -2.02. The van der Waals surface area contributed by atoms with Crippen molar-refractivity contribution < 1.29 is 9.63 Å². The maximum absolute atomic E-state index is 11.8. The first kappa shape index (κ1) is 10.4. The monoisotopic (exact) mass is 240 g/mol. The molecule has 1 aromatic carbocycles. The predicted octanol–water partition coefficient (Wildman–Crippen LogP) is 1.10. The van der Waals surface area contributed by atoms with Gasteiger partial charge in [-0.3, -0.25) is 0 Å². The Morgan fingerprint density at radius 1 is 1.11 bits per heavy atom. The molecule has 0 radical (unpaired) electrons. The van der Waals surface area contributed by atoms with Gasteiger partial charge in [0.2, 0.25) is 5.65 Å². The number of pyridine rings is 1. The van der Waals surface area contributed by atoms with Crippen molar-refractivity contribution in [2.45, 2.75) is 0 Å². The van der Waals surface area contributed by atoms with Crippen molar-refractivity contribution in [2.24, 2.45) is 0 Å². The zero-order valence-electron chi connectivity index (χ0n) is 9.22. The summed E-state index contributed by atoms with van der Waals surface area (Å²) in [6.45, 7) is 0. The summed E-state index contributed by atoms with van der Waals surface area (Å²) in [6.07, 6.45) is 1.60. The largest absolute Gasteiger partial charge is 0.365 e. The second kappa shape index (κ2) is 4.25. The molecule has 2 heterocycles. The number of hydrogen-bond acceptors (Lipinski definition) is 5. The molecule has 0 bridgehead atoms. The van der Waals surface area contributed by atoms with Gasteiger partial charge in [0.05, 0.1) is 5.56 Å². The summed E-state index contributed by atoms with van der Waals surface area (Å²) in [5.74, 6) is -0.494. The first-order valence-corrected chi connectivity index (χ1v) is 5.29. The third-order valence-corrected chi connectivity index (χ3v) is 2.37. The zero-order valence-corrected chi connectivity index (χ0v) is 9.22. The fraction of sp³-hybridized carbons (Fsp3) is 0. The topological polar surface area (TPSA) is 69.9 Å². The number of carbonyl (C=O) groups excluding carboxylic acids is 1. The number of fused-ring (bicyclic) bond motifs is 1. The van der Waals surface area contributed by atoms with Gasteiger partial charge < -0.3 is 4.84 Å². The molecule has 18 heavy (non-hydrogen) atoms. The average Bonchev–Trinajstić information content (AvgIpc) is 2.83. The van der Waals surface area contributed by atoms with Gasteiger partial charge in [-0.2, -0.15) is 0 Å². The minimum atomic E-state index is -0.494. The van der Waals surface area contributed by atoms with Crippen LogP contribution < -0.4 is 4.84 Å². The van der Waals surface area contributed by atoms with Gasteiger partial charge in [-0.25, -0.2) is 9.78 Å². The normalized spacial score (nSPS) is 10.4. The van der Waals surface area contributed by atoms with Gasteiger partial charge in [-0.15, -0.1) is 5.10 Å². The second-order valence-corrected chi connectivity index (χ2v) is 3.55. The Bertz CT molecular complexity index is 693. The van der Waals surface area contributed by atoms with E-state index < -0.39 is 5.97 Å². The summed E-state index contributed by atoms with van der Waals surface area (Å²) in [5, 5.41) is 7.51. The van der Waals surface area contributed by atoms with E-state index in [2.05, 4.69) is 15.3 Å². The Morgan fingerprint density at radius 2 is 1.94 bits per heavy atom. The molecule has 88 valence electrons. The van der Waals surface area contributed by atoms with Crippen LogP contribution in [0.1, 0.15) is 10.4 Å². The van der Waals surface area contributed by atoms with Crippen LogP contribution in [-0.2, 0) is 0 Å². The summed E-state index contributed by atoms with van der Waals surface area (Å²) in [6, 6.07) is 12.1. The summed E-state index contributed by atoms with van der Waals surface area (Å²) in [4.78, 5) is 22.0. The van der Waals surface area contributed by atoms with Crippen molar-refractivity contribution in [1.29, 1.82) is 0 Å². The SMILES string of the molecule is O=C(On1nnc2ncccc21)c1ccccc1. The molecule has 0 spiro atoms. The van der Waals surface area contributed by atoms with Crippen LogP contribution in [0.15, 0.2) is 48.7 Å². The summed E-state index contributed by atoms with van der Waals surface area (Å²) >= 11 is 0. The fourth-order valence-corrected chi connectivity index (χ4v) is 1.52. The van der Waals surface area contributed by atoms with Crippen molar-refractivity contribution in [3.8, 4) is 0 Å². The van der Waals surface area contributed by atoms with Gasteiger partial charge >= 0.3 is 5.97 Å². The number of rotatable bonds is 2. The van der Waals surface area contributed by atoms with Crippen molar-refractivity contribution in [2.75, 3.05) is 0 Å². The van der Waals surface area contributed by atoms with E-state index in [0.717, 1.165) is 4.85 Å². The van der Waals surface area contributed by atoms with Crippen LogP contribution in [0, 0.1) is 0 Å². The number of aromatic nitrogens is 4. The molecule has 0 fully saturated rings. The van der Waals surface area contributed by atoms with E-state index in [1.54, 1.807) is 42.6 Å². The molecule has 3 rings (SSSR count). The lowest BCUT2D eigenvalue weighted by molar-refractivity contribution is 0.0409. The Kier molecular flexibility index (Phi) is 2.45.